The first-order valence-corrected chi connectivity index (χ1v) is 8.31. The van der Waals surface area contributed by atoms with Crippen molar-refractivity contribution in [2.45, 2.75) is 18.9 Å². The molecule has 0 unspecified atom stereocenters. The molecular formula is C18H26N2O4. The van der Waals surface area contributed by atoms with Crippen molar-refractivity contribution in [3.63, 3.8) is 0 Å². The SMILES string of the molecule is CN1C[C@H]2COC[C@@H]1CN(C(=O)CCc1ccccc1)C2.O=CO. The van der Waals surface area contributed by atoms with Crippen LogP contribution in [0.1, 0.15) is 12.0 Å². The van der Waals surface area contributed by atoms with E-state index in [-0.39, 0.29) is 12.4 Å². The Kier molecular flexibility index (Phi) is 7.21. The van der Waals surface area contributed by atoms with Gasteiger partial charge in [-0.05, 0) is 19.0 Å². The Morgan fingerprint density at radius 1 is 1.25 bits per heavy atom. The highest BCUT2D eigenvalue weighted by Gasteiger charge is 2.32. The van der Waals surface area contributed by atoms with Crippen LogP contribution in [0.4, 0.5) is 0 Å². The van der Waals surface area contributed by atoms with Gasteiger partial charge in [0.1, 0.15) is 0 Å². The maximum atomic E-state index is 12.5. The second-order valence-electron chi connectivity index (χ2n) is 6.39. The zero-order chi connectivity index (χ0) is 17.4. The molecule has 2 aliphatic heterocycles. The predicted octanol–water partition coefficient (Wildman–Crippen LogP) is 1.11. The van der Waals surface area contributed by atoms with E-state index in [0.717, 1.165) is 39.3 Å². The van der Waals surface area contributed by atoms with E-state index in [1.165, 1.54) is 5.56 Å². The number of fused-ring (bicyclic) bond motifs is 3. The number of aryl methyl sites for hydroxylation is 1. The molecule has 2 aliphatic rings. The number of carbonyl (C=O) groups is 2. The highest BCUT2D eigenvalue weighted by molar-refractivity contribution is 5.76. The minimum Gasteiger partial charge on any atom is -0.483 e. The highest BCUT2D eigenvalue weighted by Crippen LogP contribution is 2.19. The molecule has 6 heteroatoms. The number of carbonyl (C=O) groups excluding carboxylic acids is 1. The van der Waals surface area contributed by atoms with Gasteiger partial charge in [0.2, 0.25) is 5.91 Å². The van der Waals surface area contributed by atoms with Crippen molar-refractivity contribution in [3.8, 4) is 0 Å². The molecule has 3 rings (SSSR count). The zero-order valence-corrected chi connectivity index (χ0v) is 14.1. The van der Waals surface area contributed by atoms with Gasteiger partial charge in [-0.3, -0.25) is 14.5 Å². The van der Waals surface area contributed by atoms with Gasteiger partial charge in [0.05, 0.1) is 19.3 Å². The van der Waals surface area contributed by atoms with Crippen molar-refractivity contribution >= 4 is 12.4 Å². The summed E-state index contributed by atoms with van der Waals surface area (Å²) in [6.07, 6.45) is 1.44. The van der Waals surface area contributed by atoms with Gasteiger partial charge in [0.15, 0.2) is 0 Å². The summed E-state index contributed by atoms with van der Waals surface area (Å²) < 4.78 is 5.71. The van der Waals surface area contributed by atoms with Gasteiger partial charge in [-0.1, -0.05) is 30.3 Å². The standard InChI is InChI=1S/C17H24N2O2.CH2O2/c1-18-9-15-10-19(11-16(18)13-21-12-15)17(20)8-7-14-5-3-2-4-6-14;2-1-3/h2-6,15-16H,7-13H2,1H3;1H,(H,2,3)/t15-,16+;/m1./s1. The van der Waals surface area contributed by atoms with E-state index >= 15 is 0 Å². The third-order valence-corrected chi connectivity index (χ3v) is 4.57. The van der Waals surface area contributed by atoms with Crippen molar-refractivity contribution in [2.24, 2.45) is 5.92 Å². The van der Waals surface area contributed by atoms with Crippen LogP contribution in [-0.2, 0) is 20.7 Å². The van der Waals surface area contributed by atoms with Crippen LogP contribution in [0.5, 0.6) is 0 Å². The number of ether oxygens (including phenoxy) is 1. The molecular weight excluding hydrogens is 308 g/mol. The molecule has 1 aromatic rings. The van der Waals surface area contributed by atoms with E-state index in [2.05, 4.69) is 29.0 Å². The summed E-state index contributed by atoms with van der Waals surface area (Å²) in [6.45, 7) is 3.96. The van der Waals surface area contributed by atoms with Crippen LogP contribution in [0.2, 0.25) is 0 Å². The monoisotopic (exact) mass is 334 g/mol. The molecule has 6 nitrogen and oxygen atoms in total. The molecule has 1 amide bonds. The molecule has 1 N–H and O–H groups in total. The molecule has 0 aliphatic carbocycles. The minimum atomic E-state index is -0.250. The average Bonchev–Trinajstić information content (AvgIpc) is 2.83. The van der Waals surface area contributed by atoms with E-state index in [1.54, 1.807) is 0 Å². The largest absolute Gasteiger partial charge is 0.483 e. The maximum absolute atomic E-state index is 12.5. The smallest absolute Gasteiger partial charge is 0.290 e. The highest BCUT2D eigenvalue weighted by atomic mass is 16.5. The van der Waals surface area contributed by atoms with Crippen molar-refractivity contribution in [3.05, 3.63) is 35.9 Å². The second kappa shape index (κ2) is 9.39. The number of nitrogens with zero attached hydrogens (tertiary/aromatic N) is 2. The lowest BCUT2D eigenvalue weighted by molar-refractivity contribution is -0.133. The molecule has 1 aromatic carbocycles. The van der Waals surface area contributed by atoms with E-state index < -0.39 is 0 Å². The van der Waals surface area contributed by atoms with Gasteiger partial charge in [0, 0.05) is 32.0 Å². The summed E-state index contributed by atoms with van der Waals surface area (Å²) in [5.74, 6) is 0.731. The third kappa shape index (κ3) is 5.32. The number of benzene rings is 1. The zero-order valence-electron chi connectivity index (χ0n) is 14.1. The summed E-state index contributed by atoms with van der Waals surface area (Å²) in [6, 6.07) is 10.6. The van der Waals surface area contributed by atoms with Crippen LogP contribution in [0, 0.1) is 5.92 Å². The van der Waals surface area contributed by atoms with Gasteiger partial charge in [-0.25, -0.2) is 0 Å². The van der Waals surface area contributed by atoms with E-state index in [1.807, 2.05) is 18.2 Å². The van der Waals surface area contributed by atoms with Crippen molar-refractivity contribution in [1.29, 1.82) is 0 Å². The van der Waals surface area contributed by atoms with Gasteiger partial charge >= 0.3 is 0 Å². The molecule has 0 spiro atoms. The fourth-order valence-corrected chi connectivity index (χ4v) is 3.31. The van der Waals surface area contributed by atoms with Crippen LogP contribution in [-0.4, -0.2) is 73.2 Å². The van der Waals surface area contributed by atoms with Crippen LogP contribution in [0.15, 0.2) is 30.3 Å². The Morgan fingerprint density at radius 2 is 1.96 bits per heavy atom. The van der Waals surface area contributed by atoms with Crippen LogP contribution >= 0.6 is 0 Å². The molecule has 2 atom stereocenters. The molecule has 2 bridgehead atoms. The van der Waals surface area contributed by atoms with Crippen LogP contribution in [0.3, 0.4) is 0 Å². The third-order valence-electron chi connectivity index (χ3n) is 4.57. The Bertz CT molecular complexity index is 523. The summed E-state index contributed by atoms with van der Waals surface area (Å²) in [7, 11) is 2.14. The molecule has 0 aromatic heterocycles. The number of amides is 1. The average molecular weight is 334 g/mol. The van der Waals surface area contributed by atoms with E-state index in [9.17, 15) is 4.79 Å². The normalized spacial score (nSPS) is 23.6. The number of hydrogen-bond donors (Lipinski definition) is 1. The first kappa shape index (κ1) is 18.4. The lowest BCUT2D eigenvalue weighted by Gasteiger charge is -2.29. The summed E-state index contributed by atoms with van der Waals surface area (Å²) in [4.78, 5) is 25.3. The molecule has 0 saturated carbocycles. The topological polar surface area (TPSA) is 70.1 Å². The fraction of sp³-hybridized carbons (Fsp3) is 0.556. The van der Waals surface area contributed by atoms with Crippen molar-refractivity contribution < 1.29 is 19.4 Å². The molecule has 0 radical (unpaired) electrons. The van der Waals surface area contributed by atoms with Gasteiger partial charge < -0.3 is 14.7 Å². The lowest BCUT2D eigenvalue weighted by Crippen LogP contribution is -2.44. The fourth-order valence-electron chi connectivity index (χ4n) is 3.31. The van der Waals surface area contributed by atoms with Crippen LogP contribution < -0.4 is 0 Å². The van der Waals surface area contributed by atoms with Crippen molar-refractivity contribution in [1.82, 2.24) is 9.80 Å². The number of likely N-dealkylation sites (N-methyl/N-ethyl adjacent to an activating group) is 1. The molecule has 24 heavy (non-hydrogen) atoms. The van der Waals surface area contributed by atoms with E-state index in [4.69, 9.17) is 14.6 Å². The predicted molar refractivity (Wildman–Crippen MR) is 90.8 cm³/mol. The number of rotatable bonds is 3. The minimum absolute atomic E-state index is 0.250. The van der Waals surface area contributed by atoms with Crippen molar-refractivity contribution in [2.75, 3.05) is 39.9 Å². The molecule has 2 saturated heterocycles. The van der Waals surface area contributed by atoms with Gasteiger partial charge in [-0.2, -0.15) is 0 Å². The number of carboxylic acid groups (broad SMARTS) is 1. The molecule has 2 fully saturated rings. The van der Waals surface area contributed by atoms with Gasteiger partial charge in [-0.15, -0.1) is 0 Å². The first-order chi connectivity index (χ1) is 11.6. The Hall–Kier alpha value is -1.92. The first-order valence-electron chi connectivity index (χ1n) is 8.31. The Morgan fingerprint density at radius 3 is 2.67 bits per heavy atom. The Labute approximate surface area is 143 Å². The Balaban J connectivity index is 0.000000647. The maximum Gasteiger partial charge on any atom is 0.290 e. The molecule has 2 heterocycles. The summed E-state index contributed by atoms with van der Waals surface area (Å²) in [5, 5.41) is 6.89. The van der Waals surface area contributed by atoms with Gasteiger partial charge in [0.25, 0.3) is 6.47 Å². The number of hydrogen-bond acceptors (Lipinski definition) is 4. The summed E-state index contributed by atoms with van der Waals surface area (Å²) >= 11 is 0. The van der Waals surface area contributed by atoms with E-state index in [0.29, 0.717) is 18.4 Å². The quantitative estimate of drug-likeness (QED) is 0.839. The molecule has 132 valence electrons. The lowest BCUT2D eigenvalue weighted by atomic mass is 10.1. The van der Waals surface area contributed by atoms with Crippen LogP contribution in [0.25, 0.3) is 0 Å². The summed E-state index contributed by atoms with van der Waals surface area (Å²) in [5.41, 5.74) is 1.24. The second-order valence-corrected chi connectivity index (χ2v) is 6.39.